The molecule has 1 unspecified atom stereocenters. The summed E-state index contributed by atoms with van der Waals surface area (Å²) in [7, 11) is 0. The molecule has 1 aromatic carbocycles. The first-order valence-electron chi connectivity index (χ1n) is 7.17. The molecule has 6 heteroatoms. The van der Waals surface area contributed by atoms with Crippen molar-refractivity contribution in [3.05, 3.63) is 40.9 Å². The Kier molecular flexibility index (Phi) is 8.16. The molecular formula is C16H23BrN2O3. The van der Waals surface area contributed by atoms with Crippen LogP contribution in [0, 0.1) is 0 Å². The topological polar surface area (TPSA) is 70.6 Å². The van der Waals surface area contributed by atoms with Crippen molar-refractivity contribution in [2.75, 3.05) is 19.7 Å². The summed E-state index contributed by atoms with van der Waals surface area (Å²) in [5.41, 5.74) is 0.531. The van der Waals surface area contributed by atoms with Crippen LogP contribution in [-0.2, 0) is 0 Å². The average molecular weight is 371 g/mol. The van der Waals surface area contributed by atoms with Crippen molar-refractivity contribution in [1.29, 1.82) is 0 Å². The molecule has 0 aliphatic carbocycles. The van der Waals surface area contributed by atoms with E-state index in [1.807, 2.05) is 13.8 Å². The molecular weight excluding hydrogens is 348 g/mol. The average Bonchev–Trinajstić information content (AvgIpc) is 2.49. The number of halogens is 1. The van der Waals surface area contributed by atoms with Gasteiger partial charge in [0.2, 0.25) is 0 Å². The van der Waals surface area contributed by atoms with Gasteiger partial charge in [0, 0.05) is 24.7 Å². The fourth-order valence-corrected chi connectivity index (χ4v) is 2.14. The lowest BCUT2D eigenvalue weighted by atomic mass is 10.2. The molecule has 122 valence electrons. The van der Waals surface area contributed by atoms with Crippen molar-refractivity contribution >= 4 is 21.8 Å². The lowest BCUT2D eigenvalue weighted by molar-refractivity contribution is 0.0956. The van der Waals surface area contributed by atoms with E-state index >= 15 is 0 Å². The van der Waals surface area contributed by atoms with Crippen molar-refractivity contribution < 1.29 is 14.6 Å². The molecule has 0 saturated carbocycles. The Hall–Kier alpha value is -1.37. The van der Waals surface area contributed by atoms with Crippen LogP contribution in [0.1, 0.15) is 24.2 Å². The monoisotopic (exact) mass is 370 g/mol. The number of aliphatic hydroxyl groups is 1. The van der Waals surface area contributed by atoms with Gasteiger partial charge in [0.25, 0.3) is 5.91 Å². The first kappa shape index (κ1) is 18.7. The predicted octanol–water partition coefficient (Wildman–Crippen LogP) is 2.10. The summed E-state index contributed by atoms with van der Waals surface area (Å²) in [6.45, 7) is 8.65. The molecule has 0 saturated heterocycles. The van der Waals surface area contributed by atoms with Crippen molar-refractivity contribution in [3.8, 4) is 5.75 Å². The minimum Gasteiger partial charge on any atom is -0.490 e. The number of nitrogens with one attached hydrogen (secondary N) is 2. The van der Waals surface area contributed by atoms with Crippen LogP contribution in [-0.4, -0.2) is 42.9 Å². The van der Waals surface area contributed by atoms with Crippen LogP contribution < -0.4 is 15.4 Å². The van der Waals surface area contributed by atoms with Gasteiger partial charge in [0.05, 0.1) is 4.47 Å². The molecule has 1 aromatic rings. The van der Waals surface area contributed by atoms with E-state index in [0.29, 0.717) is 34.9 Å². The number of rotatable bonds is 9. The van der Waals surface area contributed by atoms with Gasteiger partial charge in [0.15, 0.2) is 0 Å². The fraction of sp³-hybridized carbons (Fsp3) is 0.438. The highest BCUT2D eigenvalue weighted by Crippen LogP contribution is 2.26. The molecule has 0 radical (unpaired) electrons. The van der Waals surface area contributed by atoms with E-state index in [9.17, 15) is 9.90 Å². The molecule has 0 heterocycles. The van der Waals surface area contributed by atoms with E-state index in [0.717, 1.165) is 0 Å². The molecule has 1 atom stereocenters. The summed E-state index contributed by atoms with van der Waals surface area (Å²) < 4.78 is 6.23. The van der Waals surface area contributed by atoms with Crippen LogP contribution in [0.25, 0.3) is 0 Å². The maximum absolute atomic E-state index is 11.8. The van der Waals surface area contributed by atoms with Crippen LogP contribution in [0.15, 0.2) is 35.3 Å². The lowest BCUT2D eigenvalue weighted by Crippen LogP contribution is -2.35. The summed E-state index contributed by atoms with van der Waals surface area (Å²) in [5.74, 6) is 0.414. The van der Waals surface area contributed by atoms with E-state index < -0.39 is 6.10 Å². The highest BCUT2D eigenvalue weighted by Gasteiger charge is 2.11. The molecule has 0 aliphatic rings. The molecule has 3 N–H and O–H groups in total. The molecule has 1 rings (SSSR count). The van der Waals surface area contributed by atoms with Gasteiger partial charge in [-0.05, 0) is 34.1 Å². The van der Waals surface area contributed by atoms with Crippen LogP contribution in [0.4, 0.5) is 0 Å². The Labute approximate surface area is 139 Å². The largest absolute Gasteiger partial charge is 0.490 e. The van der Waals surface area contributed by atoms with E-state index in [1.165, 1.54) is 0 Å². The number of hydrogen-bond donors (Lipinski definition) is 3. The fourth-order valence-electron chi connectivity index (χ4n) is 1.64. The molecule has 0 spiro atoms. The maximum atomic E-state index is 11.8. The number of amides is 1. The van der Waals surface area contributed by atoms with Crippen molar-refractivity contribution in [2.45, 2.75) is 26.0 Å². The number of hydrogen-bond acceptors (Lipinski definition) is 4. The predicted molar refractivity (Wildman–Crippen MR) is 91.3 cm³/mol. The summed E-state index contributed by atoms with van der Waals surface area (Å²) >= 11 is 3.37. The Morgan fingerprint density at radius 1 is 1.50 bits per heavy atom. The third kappa shape index (κ3) is 6.60. The molecule has 0 fully saturated rings. The van der Waals surface area contributed by atoms with Crippen LogP contribution in [0.5, 0.6) is 5.75 Å². The van der Waals surface area contributed by atoms with Gasteiger partial charge in [0.1, 0.15) is 18.5 Å². The minimum atomic E-state index is -0.593. The van der Waals surface area contributed by atoms with Gasteiger partial charge in [-0.15, -0.1) is 6.58 Å². The third-order valence-electron chi connectivity index (χ3n) is 2.79. The Balaban J connectivity index is 2.55. The number of aliphatic hydroxyl groups excluding tert-OH is 1. The van der Waals surface area contributed by atoms with E-state index in [1.54, 1.807) is 24.3 Å². The second-order valence-electron chi connectivity index (χ2n) is 5.17. The standard InChI is InChI=1S/C16H23BrN2O3/c1-4-7-18-16(21)12-5-6-15(14(17)8-12)22-10-13(20)9-19-11(2)3/h4-6,8,11,13,19-20H,1,7,9-10H2,2-3H3,(H,18,21). The van der Waals surface area contributed by atoms with Crippen LogP contribution >= 0.6 is 15.9 Å². The third-order valence-corrected chi connectivity index (χ3v) is 3.41. The Morgan fingerprint density at radius 2 is 2.23 bits per heavy atom. The second kappa shape index (κ2) is 9.61. The lowest BCUT2D eigenvalue weighted by Gasteiger charge is -2.16. The zero-order valence-electron chi connectivity index (χ0n) is 12.9. The molecule has 1 amide bonds. The van der Waals surface area contributed by atoms with Gasteiger partial charge in [-0.25, -0.2) is 0 Å². The first-order valence-corrected chi connectivity index (χ1v) is 7.96. The van der Waals surface area contributed by atoms with Crippen LogP contribution in [0.2, 0.25) is 0 Å². The summed E-state index contributed by atoms with van der Waals surface area (Å²) in [5, 5.41) is 15.7. The highest BCUT2D eigenvalue weighted by molar-refractivity contribution is 9.10. The van der Waals surface area contributed by atoms with Gasteiger partial charge >= 0.3 is 0 Å². The first-order chi connectivity index (χ1) is 10.4. The minimum absolute atomic E-state index is 0.173. The van der Waals surface area contributed by atoms with Gasteiger partial charge in [-0.3, -0.25) is 4.79 Å². The number of carbonyl (C=O) groups excluding carboxylic acids is 1. The Morgan fingerprint density at radius 3 is 2.82 bits per heavy atom. The maximum Gasteiger partial charge on any atom is 0.251 e. The summed E-state index contributed by atoms with van der Waals surface area (Å²) in [4.78, 5) is 11.8. The van der Waals surface area contributed by atoms with Crippen molar-refractivity contribution in [1.82, 2.24) is 10.6 Å². The Bertz CT molecular complexity index is 506. The summed E-state index contributed by atoms with van der Waals surface area (Å²) in [6.07, 6.45) is 1.03. The molecule has 0 aromatic heterocycles. The zero-order valence-corrected chi connectivity index (χ0v) is 14.5. The number of ether oxygens (including phenoxy) is 1. The van der Waals surface area contributed by atoms with Gasteiger partial charge in [-0.2, -0.15) is 0 Å². The number of benzene rings is 1. The van der Waals surface area contributed by atoms with E-state index in [2.05, 4.69) is 33.1 Å². The second-order valence-corrected chi connectivity index (χ2v) is 6.03. The van der Waals surface area contributed by atoms with Crippen LogP contribution in [0.3, 0.4) is 0 Å². The quantitative estimate of drug-likeness (QED) is 0.582. The van der Waals surface area contributed by atoms with Crippen molar-refractivity contribution in [2.24, 2.45) is 0 Å². The van der Waals surface area contributed by atoms with E-state index in [4.69, 9.17) is 4.74 Å². The zero-order chi connectivity index (χ0) is 16.5. The molecule has 0 aliphatic heterocycles. The van der Waals surface area contributed by atoms with E-state index in [-0.39, 0.29) is 12.5 Å². The summed E-state index contributed by atoms with van der Waals surface area (Å²) in [6, 6.07) is 5.38. The van der Waals surface area contributed by atoms with Gasteiger partial charge in [-0.1, -0.05) is 19.9 Å². The normalized spacial score (nSPS) is 12.0. The molecule has 0 bridgehead atoms. The van der Waals surface area contributed by atoms with Crippen molar-refractivity contribution in [3.63, 3.8) is 0 Å². The van der Waals surface area contributed by atoms with Gasteiger partial charge < -0.3 is 20.5 Å². The smallest absolute Gasteiger partial charge is 0.251 e. The highest BCUT2D eigenvalue weighted by atomic mass is 79.9. The SMILES string of the molecule is C=CCNC(=O)c1ccc(OCC(O)CNC(C)C)c(Br)c1. The molecule has 22 heavy (non-hydrogen) atoms. The number of carbonyl (C=O) groups is 1. The molecule has 5 nitrogen and oxygen atoms in total.